The van der Waals surface area contributed by atoms with Gasteiger partial charge in [-0.2, -0.15) is 0 Å². The van der Waals surface area contributed by atoms with E-state index in [4.69, 9.17) is 4.74 Å². The highest BCUT2D eigenvalue weighted by Gasteiger charge is 2.47. The van der Waals surface area contributed by atoms with Crippen LogP contribution >= 0.6 is 0 Å². The maximum Gasteiger partial charge on any atom is 0.300 e. The summed E-state index contributed by atoms with van der Waals surface area (Å²) in [5.74, 6) is -1.03. The number of nitrogens with one attached hydrogen (secondary N) is 1. The molecule has 1 amide bonds. The number of aryl methyl sites for hydroxylation is 2. The molecule has 2 N–H and O–H groups in total. The van der Waals surface area contributed by atoms with Gasteiger partial charge in [0.1, 0.15) is 11.5 Å². The largest absolute Gasteiger partial charge is 0.507 e. The number of methoxy groups -OCH3 is 1. The normalized spacial score (nSPS) is 17.5. The van der Waals surface area contributed by atoms with Crippen molar-refractivity contribution in [2.75, 3.05) is 12.0 Å². The number of amides is 1. The third kappa shape index (κ3) is 3.35. The van der Waals surface area contributed by atoms with Gasteiger partial charge in [0.05, 0.1) is 18.7 Å². The van der Waals surface area contributed by atoms with Gasteiger partial charge in [-0.1, -0.05) is 36.4 Å². The Morgan fingerprint density at radius 1 is 0.971 bits per heavy atom. The molecule has 3 aromatic carbocycles. The number of carbonyl (C=O) groups excluding carboxylic acids is 2. The summed E-state index contributed by atoms with van der Waals surface area (Å²) in [6.07, 6.45) is 1.66. The van der Waals surface area contributed by atoms with Crippen LogP contribution in [0.25, 0.3) is 16.7 Å². The van der Waals surface area contributed by atoms with Crippen LogP contribution in [0.2, 0.25) is 0 Å². The number of para-hydroxylation sites is 1. The van der Waals surface area contributed by atoms with E-state index in [2.05, 4.69) is 4.98 Å². The molecule has 6 heteroatoms. The lowest BCUT2D eigenvalue weighted by atomic mass is 9.94. The lowest BCUT2D eigenvalue weighted by Gasteiger charge is -2.26. The summed E-state index contributed by atoms with van der Waals surface area (Å²) in [5, 5.41) is 12.2. The first-order chi connectivity index (χ1) is 16.4. The zero-order valence-electron chi connectivity index (χ0n) is 19.1. The van der Waals surface area contributed by atoms with Crippen LogP contribution in [0, 0.1) is 13.8 Å². The number of benzene rings is 3. The maximum atomic E-state index is 13.4. The van der Waals surface area contributed by atoms with Gasteiger partial charge in [0.15, 0.2) is 0 Å². The standard InChI is InChI=1S/C28H24N2O4/c1-16-11-12-19(13-17(16)2)30-25(18-7-6-8-20(14-18)34-3)24(27(32)28(30)33)26(31)22-15-29-23-10-5-4-9-21(22)23/h4-15,25,29,31H,1-3H3/b26-24-. The van der Waals surface area contributed by atoms with Crippen molar-refractivity contribution in [1.29, 1.82) is 0 Å². The Hall–Kier alpha value is -4.32. The van der Waals surface area contributed by atoms with E-state index in [1.165, 1.54) is 4.90 Å². The number of rotatable bonds is 4. The molecule has 1 fully saturated rings. The fourth-order valence-corrected chi connectivity index (χ4v) is 4.51. The molecule has 1 aliphatic heterocycles. The highest BCUT2D eigenvalue weighted by Crippen LogP contribution is 2.43. The minimum atomic E-state index is -0.814. The third-order valence-corrected chi connectivity index (χ3v) is 6.47. The van der Waals surface area contributed by atoms with Crippen LogP contribution < -0.4 is 9.64 Å². The Kier molecular flexibility index (Phi) is 5.21. The van der Waals surface area contributed by atoms with E-state index in [-0.39, 0.29) is 11.3 Å². The van der Waals surface area contributed by atoms with Crippen molar-refractivity contribution in [3.63, 3.8) is 0 Å². The molecule has 0 saturated carbocycles. The Morgan fingerprint density at radius 2 is 1.76 bits per heavy atom. The molecule has 0 aliphatic carbocycles. The Labute approximate surface area is 197 Å². The van der Waals surface area contributed by atoms with Crippen molar-refractivity contribution < 1.29 is 19.4 Å². The fraction of sp³-hybridized carbons (Fsp3) is 0.143. The molecule has 1 saturated heterocycles. The Balaban J connectivity index is 1.77. The predicted octanol–water partition coefficient (Wildman–Crippen LogP) is 5.42. The SMILES string of the molecule is COc1cccc(C2/C(=C(/O)c3c[nH]c4ccccc34)C(=O)C(=O)N2c2ccc(C)c(C)c2)c1. The van der Waals surface area contributed by atoms with Gasteiger partial charge in [-0.05, 0) is 60.9 Å². The average Bonchev–Trinajstić information content (AvgIpc) is 3.40. The van der Waals surface area contributed by atoms with Gasteiger partial charge >= 0.3 is 0 Å². The maximum absolute atomic E-state index is 13.4. The highest BCUT2D eigenvalue weighted by atomic mass is 16.5. The lowest BCUT2D eigenvalue weighted by Crippen LogP contribution is -2.29. The third-order valence-electron chi connectivity index (χ3n) is 6.47. The van der Waals surface area contributed by atoms with Crippen LogP contribution in [0.5, 0.6) is 5.75 Å². The number of fused-ring (bicyclic) bond motifs is 1. The van der Waals surface area contributed by atoms with Crippen molar-refractivity contribution >= 4 is 34.0 Å². The number of anilines is 1. The molecule has 5 rings (SSSR count). The van der Waals surface area contributed by atoms with Crippen molar-refractivity contribution in [3.05, 3.63) is 101 Å². The number of Topliss-reactive ketones (excluding diaryl/α,β-unsaturated/α-hetero) is 1. The van der Waals surface area contributed by atoms with Gasteiger partial charge in [0.2, 0.25) is 0 Å². The van der Waals surface area contributed by atoms with Crippen LogP contribution in [0.1, 0.15) is 28.3 Å². The van der Waals surface area contributed by atoms with Crippen molar-refractivity contribution in [1.82, 2.24) is 4.98 Å². The second kappa shape index (κ2) is 8.23. The van der Waals surface area contributed by atoms with Crippen LogP contribution in [0.3, 0.4) is 0 Å². The molecule has 4 aromatic rings. The van der Waals surface area contributed by atoms with Crippen LogP contribution in [0.15, 0.2) is 78.5 Å². The van der Waals surface area contributed by atoms with E-state index < -0.39 is 17.7 Å². The molecule has 170 valence electrons. The van der Waals surface area contributed by atoms with E-state index in [0.717, 1.165) is 22.0 Å². The molecule has 6 nitrogen and oxygen atoms in total. The first-order valence-corrected chi connectivity index (χ1v) is 11.0. The quantitative estimate of drug-likeness (QED) is 0.246. The number of aromatic amines is 1. The van der Waals surface area contributed by atoms with E-state index in [1.54, 1.807) is 31.5 Å². The molecule has 1 aliphatic rings. The minimum Gasteiger partial charge on any atom is -0.507 e. The monoisotopic (exact) mass is 452 g/mol. The number of hydrogen-bond donors (Lipinski definition) is 2. The van der Waals surface area contributed by atoms with Crippen LogP contribution in [-0.4, -0.2) is 28.9 Å². The Morgan fingerprint density at radius 3 is 2.53 bits per heavy atom. The molecule has 34 heavy (non-hydrogen) atoms. The second-order valence-corrected chi connectivity index (χ2v) is 8.46. The number of ketones is 1. The topological polar surface area (TPSA) is 82.6 Å². The smallest absolute Gasteiger partial charge is 0.300 e. The number of aromatic nitrogens is 1. The second-order valence-electron chi connectivity index (χ2n) is 8.46. The number of ether oxygens (including phenoxy) is 1. The molecular formula is C28H24N2O4. The summed E-state index contributed by atoms with van der Waals surface area (Å²) in [6.45, 7) is 3.95. The number of carbonyl (C=O) groups is 2. The predicted molar refractivity (Wildman–Crippen MR) is 132 cm³/mol. The van der Waals surface area contributed by atoms with Gasteiger partial charge in [0.25, 0.3) is 11.7 Å². The molecule has 1 atom stereocenters. The van der Waals surface area contributed by atoms with Crippen LogP contribution in [0.4, 0.5) is 5.69 Å². The number of aliphatic hydroxyl groups is 1. The molecule has 1 aromatic heterocycles. The first kappa shape index (κ1) is 21.5. The first-order valence-electron chi connectivity index (χ1n) is 11.0. The number of aliphatic hydroxyl groups excluding tert-OH is 1. The summed E-state index contributed by atoms with van der Waals surface area (Å²) in [4.78, 5) is 31.4. The van der Waals surface area contributed by atoms with Crippen LogP contribution in [-0.2, 0) is 9.59 Å². The van der Waals surface area contributed by atoms with Gasteiger partial charge in [-0.3, -0.25) is 14.5 Å². The molecule has 1 unspecified atom stereocenters. The highest BCUT2D eigenvalue weighted by molar-refractivity contribution is 6.51. The summed E-state index contributed by atoms with van der Waals surface area (Å²) < 4.78 is 5.40. The number of hydrogen-bond acceptors (Lipinski definition) is 4. The van der Waals surface area contributed by atoms with Gasteiger partial charge in [-0.15, -0.1) is 0 Å². The molecule has 0 spiro atoms. The summed E-state index contributed by atoms with van der Waals surface area (Å²) in [7, 11) is 1.56. The lowest BCUT2D eigenvalue weighted by molar-refractivity contribution is -0.132. The average molecular weight is 453 g/mol. The Bertz CT molecular complexity index is 1480. The molecule has 2 heterocycles. The fourth-order valence-electron chi connectivity index (χ4n) is 4.51. The summed E-state index contributed by atoms with van der Waals surface area (Å²) in [6, 6.07) is 19.5. The molecule has 0 bridgehead atoms. The van der Waals surface area contributed by atoms with E-state index >= 15 is 0 Å². The van der Waals surface area contributed by atoms with Gasteiger partial charge in [0, 0.05) is 28.4 Å². The van der Waals surface area contributed by atoms with E-state index in [1.807, 2.05) is 62.4 Å². The van der Waals surface area contributed by atoms with E-state index in [0.29, 0.717) is 22.6 Å². The number of nitrogens with zero attached hydrogens (tertiary/aromatic N) is 1. The minimum absolute atomic E-state index is 0.0428. The number of H-pyrrole nitrogens is 1. The zero-order chi connectivity index (χ0) is 24.0. The molecule has 0 radical (unpaired) electrons. The van der Waals surface area contributed by atoms with Crippen molar-refractivity contribution in [2.45, 2.75) is 19.9 Å². The van der Waals surface area contributed by atoms with Crippen molar-refractivity contribution in [2.24, 2.45) is 0 Å². The van der Waals surface area contributed by atoms with Crippen molar-refractivity contribution in [3.8, 4) is 5.75 Å². The van der Waals surface area contributed by atoms with Gasteiger partial charge < -0.3 is 14.8 Å². The summed E-state index contributed by atoms with van der Waals surface area (Å²) in [5.41, 5.74) is 4.68. The zero-order valence-corrected chi connectivity index (χ0v) is 19.1. The van der Waals surface area contributed by atoms with Gasteiger partial charge in [-0.25, -0.2) is 0 Å². The van der Waals surface area contributed by atoms with E-state index in [9.17, 15) is 14.7 Å². The summed E-state index contributed by atoms with van der Waals surface area (Å²) >= 11 is 0. The molecular weight excluding hydrogens is 428 g/mol.